The van der Waals surface area contributed by atoms with Crippen LogP contribution in [0.5, 0.6) is 0 Å². The molecule has 0 radical (unpaired) electrons. The number of hydrogen-bond acceptors (Lipinski definition) is 4. The Bertz CT molecular complexity index is 252. The monoisotopic (exact) mass is 231 g/mol. The summed E-state index contributed by atoms with van der Waals surface area (Å²) < 4.78 is 0. The number of nitrogens with one attached hydrogen (secondary N) is 1. The van der Waals surface area contributed by atoms with Crippen LogP contribution < -0.4 is 11.1 Å². The molecule has 2 atom stereocenters. The minimum absolute atomic E-state index is 0.0479. The summed E-state index contributed by atoms with van der Waals surface area (Å²) >= 11 is 1.91. The molecule has 5 nitrogen and oxygen atoms in total. The van der Waals surface area contributed by atoms with E-state index in [2.05, 4.69) is 10.5 Å². The SMILES string of the molecule is CC(C(=O)NCC1CCSC1)C(N)=NO. The van der Waals surface area contributed by atoms with Gasteiger partial charge in [0.25, 0.3) is 0 Å². The molecule has 0 aliphatic carbocycles. The molecule has 1 amide bonds. The summed E-state index contributed by atoms with van der Waals surface area (Å²) in [6.07, 6.45) is 1.16. The molecule has 1 fully saturated rings. The number of amidine groups is 1. The van der Waals surface area contributed by atoms with Gasteiger partial charge < -0.3 is 16.3 Å². The molecule has 6 heteroatoms. The first-order chi connectivity index (χ1) is 7.15. The van der Waals surface area contributed by atoms with Crippen LogP contribution in [0.15, 0.2) is 5.16 Å². The molecule has 0 bridgehead atoms. The van der Waals surface area contributed by atoms with Crippen molar-refractivity contribution in [3.63, 3.8) is 0 Å². The first-order valence-electron chi connectivity index (χ1n) is 4.98. The summed E-state index contributed by atoms with van der Waals surface area (Å²) in [4.78, 5) is 11.5. The van der Waals surface area contributed by atoms with Gasteiger partial charge in [-0.3, -0.25) is 4.79 Å². The molecule has 0 spiro atoms. The molecule has 1 aliphatic heterocycles. The molecule has 15 heavy (non-hydrogen) atoms. The number of oxime groups is 1. The lowest BCUT2D eigenvalue weighted by Gasteiger charge is -2.13. The van der Waals surface area contributed by atoms with Gasteiger partial charge in [0.15, 0.2) is 5.84 Å². The minimum atomic E-state index is -0.566. The first kappa shape index (κ1) is 12.2. The third-order valence-corrected chi connectivity index (χ3v) is 3.77. The minimum Gasteiger partial charge on any atom is -0.409 e. The lowest BCUT2D eigenvalue weighted by Crippen LogP contribution is -2.39. The summed E-state index contributed by atoms with van der Waals surface area (Å²) in [5.74, 6) is 2.06. The van der Waals surface area contributed by atoms with Gasteiger partial charge in [0.05, 0.1) is 5.92 Å². The fraction of sp³-hybridized carbons (Fsp3) is 0.778. The zero-order valence-corrected chi connectivity index (χ0v) is 9.59. The standard InChI is InChI=1S/C9H17N3O2S/c1-6(8(10)12-14)9(13)11-4-7-2-3-15-5-7/h6-7,14H,2-5H2,1H3,(H2,10,12)(H,11,13). The van der Waals surface area contributed by atoms with Gasteiger partial charge in [-0.25, -0.2) is 0 Å². The number of nitrogens with two attached hydrogens (primary N) is 1. The predicted molar refractivity (Wildman–Crippen MR) is 61.0 cm³/mol. The van der Waals surface area contributed by atoms with E-state index in [0.29, 0.717) is 12.5 Å². The molecule has 86 valence electrons. The van der Waals surface area contributed by atoms with Crippen molar-refractivity contribution < 1.29 is 10.0 Å². The Kier molecular flexibility index (Phi) is 4.74. The van der Waals surface area contributed by atoms with E-state index in [4.69, 9.17) is 10.9 Å². The highest BCUT2D eigenvalue weighted by Crippen LogP contribution is 2.22. The van der Waals surface area contributed by atoms with E-state index >= 15 is 0 Å². The Morgan fingerprint density at radius 3 is 3.07 bits per heavy atom. The van der Waals surface area contributed by atoms with Gasteiger partial charge in [-0.15, -0.1) is 0 Å². The van der Waals surface area contributed by atoms with Crippen LogP contribution in [0.1, 0.15) is 13.3 Å². The van der Waals surface area contributed by atoms with Gasteiger partial charge in [-0.1, -0.05) is 5.16 Å². The molecule has 1 saturated heterocycles. The van der Waals surface area contributed by atoms with E-state index in [0.717, 1.165) is 12.2 Å². The topological polar surface area (TPSA) is 87.7 Å². The van der Waals surface area contributed by atoms with Crippen molar-refractivity contribution in [3.05, 3.63) is 0 Å². The van der Waals surface area contributed by atoms with Crippen LogP contribution in [-0.4, -0.2) is 35.0 Å². The fourth-order valence-electron chi connectivity index (χ4n) is 1.36. The number of carbonyl (C=O) groups is 1. The molecule has 1 heterocycles. The lowest BCUT2D eigenvalue weighted by atomic mass is 10.1. The van der Waals surface area contributed by atoms with E-state index in [1.54, 1.807) is 6.92 Å². The highest BCUT2D eigenvalue weighted by molar-refractivity contribution is 7.99. The summed E-state index contributed by atoms with van der Waals surface area (Å²) in [5, 5.41) is 14.0. The van der Waals surface area contributed by atoms with E-state index in [-0.39, 0.29) is 11.7 Å². The molecular weight excluding hydrogens is 214 g/mol. The average Bonchev–Trinajstić information content (AvgIpc) is 2.76. The van der Waals surface area contributed by atoms with Crippen molar-refractivity contribution in [3.8, 4) is 0 Å². The summed E-state index contributed by atoms with van der Waals surface area (Å²) in [6.45, 7) is 2.31. The van der Waals surface area contributed by atoms with Crippen molar-refractivity contribution in [1.29, 1.82) is 0 Å². The Hall–Kier alpha value is -0.910. The molecule has 0 aromatic heterocycles. The summed E-state index contributed by atoms with van der Waals surface area (Å²) in [5.41, 5.74) is 5.34. The highest BCUT2D eigenvalue weighted by Gasteiger charge is 2.20. The normalized spacial score (nSPS) is 23.8. The quantitative estimate of drug-likeness (QED) is 0.280. The van der Waals surface area contributed by atoms with Crippen molar-refractivity contribution >= 4 is 23.5 Å². The Balaban J connectivity index is 2.28. The number of nitrogens with zero attached hydrogens (tertiary/aromatic N) is 1. The van der Waals surface area contributed by atoms with Gasteiger partial charge in [0.2, 0.25) is 5.91 Å². The molecule has 0 saturated carbocycles. The number of hydrogen-bond donors (Lipinski definition) is 3. The van der Waals surface area contributed by atoms with Crippen LogP contribution in [-0.2, 0) is 4.79 Å². The molecule has 0 aromatic carbocycles. The average molecular weight is 231 g/mol. The second-order valence-electron chi connectivity index (χ2n) is 3.72. The van der Waals surface area contributed by atoms with Gasteiger partial charge >= 0.3 is 0 Å². The molecular formula is C9H17N3O2S. The van der Waals surface area contributed by atoms with Crippen LogP contribution in [0.3, 0.4) is 0 Å². The number of rotatable bonds is 4. The van der Waals surface area contributed by atoms with E-state index in [1.165, 1.54) is 5.75 Å². The number of carbonyl (C=O) groups excluding carboxylic acids is 1. The van der Waals surface area contributed by atoms with E-state index < -0.39 is 5.92 Å². The predicted octanol–water partition coefficient (Wildman–Crippen LogP) is 0.238. The summed E-state index contributed by atoms with van der Waals surface area (Å²) in [6, 6.07) is 0. The highest BCUT2D eigenvalue weighted by atomic mass is 32.2. The lowest BCUT2D eigenvalue weighted by molar-refractivity contribution is -0.122. The van der Waals surface area contributed by atoms with Crippen LogP contribution in [0.25, 0.3) is 0 Å². The maximum absolute atomic E-state index is 11.5. The van der Waals surface area contributed by atoms with Crippen LogP contribution >= 0.6 is 11.8 Å². The van der Waals surface area contributed by atoms with Gasteiger partial charge in [-0.2, -0.15) is 11.8 Å². The van der Waals surface area contributed by atoms with Crippen molar-refractivity contribution in [1.82, 2.24) is 5.32 Å². The molecule has 1 aliphatic rings. The number of amides is 1. The third-order valence-electron chi connectivity index (χ3n) is 2.54. The van der Waals surface area contributed by atoms with Gasteiger partial charge in [-0.05, 0) is 30.8 Å². The second kappa shape index (κ2) is 5.85. The fourth-order valence-corrected chi connectivity index (χ4v) is 2.65. The molecule has 4 N–H and O–H groups in total. The number of thioether (sulfide) groups is 1. The van der Waals surface area contributed by atoms with Crippen LogP contribution in [0.4, 0.5) is 0 Å². The molecule has 0 aromatic rings. The molecule has 1 rings (SSSR count). The van der Waals surface area contributed by atoms with Crippen molar-refractivity contribution in [2.45, 2.75) is 13.3 Å². The van der Waals surface area contributed by atoms with Crippen molar-refractivity contribution in [2.24, 2.45) is 22.7 Å². The van der Waals surface area contributed by atoms with Gasteiger partial charge in [0.1, 0.15) is 0 Å². The zero-order valence-electron chi connectivity index (χ0n) is 8.77. The maximum Gasteiger partial charge on any atom is 0.230 e. The van der Waals surface area contributed by atoms with Crippen LogP contribution in [0.2, 0.25) is 0 Å². The van der Waals surface area contributed by atoms with E-state index in [1.807, 2.05) is 11.8 Å². The Labute approximate surface area is 93.5 Å². The largest absolute Gasteiger partial charge is 0.409 e. The zero-order chi connectivity index (χ0) is 11.3. The second-order valence-corrected chi connectivity index (χ2v) is 4.87. The smallest absolute Gasteiger partial charge is 0.230 e. The first-order valence-corrected chi connectivity index (χ1v) is 6.13. The van der Waals surface area contributed by atoms with Gasteiger partial charge in [0, 0.05) is 6.54 Å². The Morgan fingerprint density at radius 1 is 1.80 bits per heavy atom. The van der Waals surface area contributed by atoms with Crippen molar-refractivity contribution in [2.75, 3.05) is 18.1 Å². The third kappa shape index (κ3) is 3.62. The van der Waals surface area contributed by atoms with Crippen LogP contribution in [0, 0.1) is 11.8 Å². The Morgan fingerprint density at radius 2 is 2.53 bits per heavy atom. The maximum atomic E-state index is 11.5. The van der Waals surface area contributed by atoms with E-state index in [9.17, 15) is 4.79 Å². The summed E-state index contributed by atoms with van der Waals surface area (Å²) in [7, 11) is 0. The molecule has 2 unspecified atom stereocenters.